The number of carbonyl (C=O) groups is 1. The minimum atomic E-state index is -4.18. The highest BCUT2D eigenvalue weighted by Gasteiger charge is 2.55. The minimum absolute atomic E-state index is 0.0467. The lowest BCUT2D eigenvalue weighted by Crippen LogP contribution is -2.43. The molecule has 1 aromatic carbocycles. The first-order valence-corrected chi connectivity index (χ1v) is 12.3. The molecular formula is C23H29N3O5S. The van der Waals surface area contributed by atoms with Gasteiger partial charge in [0.1, 0.15) is 11.6 Å². The van der Waals surface area contributed by atoms with Crippen LogP contribution in [0.15, 0.2) is 41.4 Å². The number of aliphatic hydroxyl groups is 1. The second kappa shape index (κ2) is 8.04. The number of anilines is 1. The van der Waals surface area contributed by atoms with Crippen LogP contribution in [0.1, 0.15) is 50.7 Å². The van der Waals surface area contributed by atoms with Gasteiger partial charge in [0.2, 0.25) is 0 Å². The van der Waals surface area contributed by atoms with Crippen LogP contribution in [-0.4, -0.2) is 42.7 Å². The Morgan fingerprint density at radius 1 is 1.22 bits per heavy atom. The maximum Gasteiger partial charge on any atom is 0.281 e. The average molecular weight is 460 g/mol. The minimum Gasteiger partial charge on any atom is -0.477 e. The third kappa shape index (κ3) is 4.73. The number of aryl methyl sites for hydroxylation is 1. The lowest BCUT2D eigenvalue weighted by molar-refractivity contribution is -0.128. The summed E-state index contributed by atoms with van der Waals surface area (Å²) in [6, 6.07) is 10.4. The number of aliphatic hydroxyl groups excluding tert-OH is 1. The summed E-state index contributed by atoms with van der Waals surface area (Å²) in [5, 5.41) is 12.0. The highest BCUT2D eigenvalue weighted by Crippen LogP contribution is 2.52. The van der Waals surface area contributed by atoms with Crippen molar-refractivity contribution in [2.24, 2.45) is 0 Å². The van der Waals surface area contributed by atoms with Crippen LogP contribution >= 0.6 is 0 Å². The molecular weight excluding hydrogens is 430 g/mol. The van der Waals surface area contributed by atoms with Gasteiger partial charge >= 0.3 is 0 Å². The summed E-state index contributed by atoms with van der Waals surface area (Å²) in [5.41, 5.74) is 0.930. The van der Waals surface area contributed by atoms with E-state index in [0.29, 0.717) is 24.4 Å². The number of rotatable bonds is 9. The van der Waals surface area contributed by atoms with Crippen LogP contribution in [0.25, 0.3) is 0 Å². The van der Waals surface area contributed by atoms with Crippen molar-refractivity contribution in [3.8, 4) is 5.75 Å². The van der Waals surface area contributed by atoms with Gasteiger partial charge in [-0.15, -0.1) is 0 Å². The van der Waals surface area contributed by atoms with Crippen LogP contribution in [0.5, 0.6) is 5.75 Å². The topological polar surface area (TPSA) is 118 Å². The van der Waals surface area contributed by atoms with Crippen molar-refractivity contribution in [1.82, 2.24) is 9.71 Å². The van der Waals surface area contributed by atoms with Crippen LogP contribution < -0.4 is 14.8 Å². The van der Waals surface area contributed by atoms with Gasteiger partial charge < -0.3 is 15.2 Å². The van der Waals surface area contributed by atoms with Crippen molar-refractivity contribution in [3.05, 3.63) is 47.5 Å². The second-order valence-corrected chi connectivity index (χ2v) is 10.8. The fourth-order valence-electron chi connectivity index (χ4n) is 3.55. The van der Waals surface area contributed by atoms with Gasteiger partial charge in [0.25, 0.3) is 15.9 Å². The molecule has 3 N–H and O–H groups in total. The summed E-state index contributed by atoms with van der Waals surface area (Å²) in [5.74, 6) is 0.258. The second-order valence-electron chi connectivity index (χ2n) is 9.18. The molecule has 0 saturated heterocycles. The fourth-order valence-corrected chi connectivity index (χ4v) is 4.56. The quantitative estimate of drug-likeness (QED) is 0.528. The summed E-state index contributed by atoms with van der Waals surface area (Å²) in [7, 11) is -4.18. The zero-order valence-electron chi connectivity index (χ0n) is 18.5. The Kier molecular flexibility index (Phi) is 5.67. The van der Waals surface area contributed by atoms with Gasteiger partial charge in [-0.2, -0.15) is 8.42 Å². The van der Waals surface area contributed by atoms with Crippen molar-refractivity contribution < 1.29 is 23.1 Å². The van der Waals surface area contributed by atoms with Crippen LogP contribution in [-0.2, 0) is 20.2 Å². The number of hydrogen-bond acceptors (Lipinski definition) is 7. The van der Waals surface area contributed by atoms with E-state index >= 15 is 0 Å². The Labute approximate surface area is 188 Å². The summed E-state index contributed by atoms with van der Waals surface area (Å²) < 4.78 is 34.0. The third-order valence-electron chi connectivity index (χ3n) is 6.02. The van der Waals surface area contributed by atoms with Gasteiger partial charge in [0, 0.05) is 24.9 Å². The van der Waals surface area contributed by atoms with E-state index in [0.717, 1.165) is 24.0 Å². The van der Waals surface area contributed by atoms with E-state index in [1.165, 1.54) is 12.1 Å². The molecule has 2 aliphatic rings. The van der Waals surface area contributed by atoms with Gasteiger partial charge in [-0.25, -0.2) is 9.71 Å². The van der Waals surface area contributed by atoms with E-state index in [4.69, 9.17) is 4.74 Å². The van der Waals surface area contributed by atoms with E-state index < -0.39 is 27.6 Å². The number of ether oxygens (including phenoxy) is 1. The van der Waals surface area contributed by atoms with Gasteiger partial charge in [-0.3, -0.25) is 4.79 Å². The van der Waals surface area contributed by atoms with E-state index in [1.54, 1.807) is 13.0 Å². The number of pyridine rings is 1. The van der Waals surface area contributed by atoms with Gasteiger partial charge in [-0.1, -0.05) is 25.1 Å². The molecule has 9 heteroatoms. The van der Waals surface area contributed by atoms with Crippen molar-refractivity contribution in [2.45, 2.75) is 68.6 Å². The Hall–Kier alpha value is -2.65. The molecule has 2 fully saturated rings. The highest BCUT2D eigenvalue weighted by atomic mass is 32.2. The van der Waals surface area contributed by atoms with Crippen LogP contribution in [0.3, 0.4) is 0 Å². The number of nitrogens with zero attached hydrogens (tertiary/aromatic N) is 1. The third-order valence-corrected chi connectivity index (χ3v) is 7.25. The number of hydrogen-bond donors (Lipinski definition) is 3. The molecule has 1 aromatic heterocycles. The smallest absolute Gasteiger partial charge is 0.281 e. The van der Waals surface area contributed by atoms with E-state index in [2.05, 4.69) is 21.9 Å². The van der Waals surface area contributed by atoms with Gasteiger partial charge in [0.05, 0.1) is 6.10 Å². The first-order valence-electron chi connectivity index (χ1n) is 10.8. The molecule has 2 aromatic rings. The monoisotopic (exact) mass is 459 g/mol. The first kappa shape index (κ1) is 22.5. The number of carbonyl (C=O) groups excluding carboxylic acids is 1. The van der Waals surface area contributed by atoms with Crippen molar-refractivity contribution in [2.75, 3.05) is 11.9 Å². The zero-order chi connectivity index (χ0) is 23.1. The molecule has 0 aliphatic heterocycles. The number of sulfonamides is 1. The molecule has 2 aliphatic carbocycles. The van der Waals surface area contributed by atoms with Crippen LogP contribution in [0.4, 0.5) is 5.82 Å². The maximum atomic E-state index is 13.0. The first-order chi connectivity index (χ1) is 15.0. The molecule has 2 saturated carbocycles. The molecule has 1 amide bonds. The molecule has 0 bridgehead atoms. The molecule has 0 radical (unpaired) electrons. The summed E-state index contributed by atoms with van der Waals surface area (Å²) in [6.45, 7) is 5.95. The Morgan fingerprint density at radius 3 is 2.56 bits per heavy atom. The average Bonchev–Trinajstić information content (AvgIpc) is 3.65. The number of nitrogens with one attached hydrogen (secondary N) is 2. The zero-order valence-corrected chi connectivity index (χ0v) is 19.3. The molecule has 0 unspecified atom stereocenters. The SMILES string of the molecule is Cc1ccc(C2(C)CC2)c(OC2(C(=O)NS(=O)(=O)c3cccc(NC[C@H](C)O)n3)CC2)c1. The van der Waals surface area contributed by atoms with E-state index in [9.17, 15) is 18.3 Å². The lowest BCUT2D eigenvalue weighted by atomic mass is 9.96. The highest BCUT2D eigenvalue weighted by molar-refractivity contribution is 7.90. The van der Waals surface area contributed by atoms with Gasteiger partial charge in [-0.05, 0) is 55.9 Å². The normalized spacial score (nSPS) is 19.0. The Balaban J connectivity index is 1.51. The van der Waals surface area contributed by atoms with Crippen molar-refractivity contribution in [1.29, 1.82) is 0 Å². The molecule has 32 heavy (non-hydrogen) atoms. The predicted octanol–water partition coefficient (Wildman–Crippen LogP) is 2.65. The lowest BCUT2D eigenvalue weighted by Gasteiger charge is -2.22. The largest absolute Gasteiger partial charge is 0.477 e. The molecule has 172 valence electrons. The Morgan fingerprint density at radius 2 is 1.94 bits per heavy atom. The number of amides is 1. The standard InChI is InChI=1S/C23H29N3O5S/c1-15-7-8-17(22(3)9-10-22)18(13-15)31-23(11-12-23)21(28)26-32(29,30)20-6-4-5-19(25-20)24-14-16(2)27/h4-8,13,16,27H,9-12,14H2,1-3H3,(H,24,25)(H,26,28)/t16-/m0/s1. The molecule has 1 atom stereocenters. The number of aromatic nitrogens is 1. The number of benzene rings is 1. The van der Waals surface area contributed by atoms with Crippen molar-refractivity contribution >= 4 is 21.7 Å². The predicted molar refractivity (Wildman–Crippen MR) is 120 cm³/mol. The fraction of sp³-hybridized carbons (Fsp3) is 0.478. The summed E-state index contributed by atoms with van der Waals surface area (Å²) in [4.78, 5) is 17.0. The summed E-state index contributed by atoms with van der Waals surface area (Å²) in [6.07, 6.45) is 2.40. The van der Waals surface area contributed by atoms with Gasteiger partial charge in [0.15, 0.2) is 10.6 Å². The molecule has 8 nitrogen and oxygen atoms in total. The van der Waals surface area contributed by atoms with E-state index in [1.807, 2.05) is 25.1 Å². The summed E-state index contributed by atoms with van der Waals surface area (Å²) >= 11 is 0. The Bertz CT molecular complexity index is 1140. The molecule has 4 rings (SSSR count). The molecule has 0 spiro atoms. The van der Waals surface area contributed by atoms with Crippen LogP contribution in [0.2, 0.25) is 0 Å². The maximum absolute atomic E-state index is 13.0. The van der Waals surface area contributed by atoms with Crippen LogP contribution in [0, 0.1) is 6.92 Å². The molecule has 1 heterocycles. The van der Waals surface area contributed by atoms with Crippen molar-refractivity contribution in [3.63, 3.8) is 0 Å². The van der Waals surface area contributed by atoms with E-state index in [-0.39, 0.29) is 17.0 Å².